The second kappa shape index (κ2) is 8.11. The van der Waals surface area contributed by atoms with Crippen molar-refractivity contribution in [3.8, 4) is 17.1 Å². The van der Waals surface area contributed by atoms with Gasteiger partial charge in [-0.15, -0.1) is 0 Å². The number of aromatic nitrogens is 2. The number of fused-ring (bicyclic) bond motifs is 3. The second-order valence-corrected chi connectivity index (χ2v) is 9.09. The number of ether oxygens (including phenoxy) is 1. The topological polar surface area (TPSA) is 81.4 Å². The van der Waals surface area contributed by atoms with E-state index in [4.69, 9.17) is 9.72 Å². The van der Waals surface area contributed by atoms with Gasteiger partial charge in [-0.25, -0.2) is 9.78 Å². The van der Waals surface area contributed by atoms with Gasteiger partial charge in [-0.3, -0.25) is 4.79 Å². The molecule has 2 aromatic heterocycles. The lowest BCUT2D eigenvalue weighted by Crippen LogP contribution is -2.33. The van der Waals surface area contributed by atoms with Crippen molar-refractivity contribution in [2.24, 2.45) is 5.41 Å². The quantitative estimate of drug-likeness (QED) is 0.618. The fourth-order valence-corrected chi connectivity index (χ4v) is 4.11. The number of carboxylic acid groups (broad SMARTS) is 1. The molecule has 0 unspecified atom stereocenters. The Morgan fingerprint density at radius 2 is 2.00 bits per heavy atom. The van der Waals surface area contributed by atoms with Crippen molar-refractivity contribution >= 4 is 12.0 Å². The van der Waals surface area contributed by atoms with Crippen LogP contribution >= 0.6 is 0 Å². The van der Waals surface area contributed by atoms with Gasteiger partial charge in [0.25, 0.3) is 0 Å². The van der Waals surface area contributed by atoms with Crippen LogP contribution < -0.4 is 10.2 Å². The van der Waals surface area contributed by atoms with E-state index in [9.17, 15) is 14.7 Å². The highest BCUT2D eigenvalue weighted by Crippen LogP contribution is 2.43. The maximum Gasteiger partial charge on any atom is 0.341 e. The average Bonchev–Trinajstić information content (AvgIpc) is 2.76. The van der Waals surface area contributed by atoms with E-state index in [1.54, 1.807) is 6.08 Å². The molecule has 1 N–H and O–H groups in total. The summed E-state index contributed by atoms with van der Waals surface area (Å²) in [6.07, 6.45) is 3.72. The van der Waals surface area contributed by atoms with Crippen molar-refractivity contribution in [3.63, 3.8) is 0 Å². The zero-order valence-electron chi connectivity index (χ0n) is 18.5. The summed E-state index contributed by atoms with van der Waals surface area (Å²) < 4.78 is 7.97. The number of carbonyl (C=O) groups is 1. The third-order valence-corrected chi connectivity index (χ3v) is 5.83. The molecule has 0 spiro atoms. The monoisotopic (exact) mass is 430 g/mol. The molecule has 164 valence electrons. The summed E-state index contributed by atoms with van der Waals surface area (Å²) in [4.78, 5) is 28.9. The molecule has 6 heteroatoms. The molecule has 3 heterocycles. The third kappa shape index (κ3) is 3.96. The summed E-state index contributed by atoms with van der Waals surface area (Å²) in [5, 5.41) is 9.46. The molecule has 0 aliphatic carbocycles. The maximum atomic E-state index is 12.5. The molecule has 1 atom stereocenters. The molecular weight excluding hydrogens is 404 g/mol. The normalized spacial score (nSPS) is 14.9. The molecule has 0 radical (unpaired) electrons. The minimum Gasteiger partial charge on any atom is -0.487 e. The summed E-state index contributed by atoms with van der Waals surface area (Å²) in [5.74, 6) is -0.596. The van der Waals surface area contributed by atoms with Gasteiger partial charge in [0.1, 0.15) is 23.6 Å². The van der Waals surface area contributed by atoms with Crippen LogP contribution in [0.15, 0.2) is 60.0 Å². The number of hydrogen-bond acceptors (Lipinski definition) is 4. The Hall–Kier alpha value is -3.67. The van der Waals surface area contributed by atoms with E-state index in [1.807, 2.05) is 41.0 Å². The van der Waals surface area contributed by atoms with Crippen LogP contribution in [0.5, 0.6) is 5.75 Å². The Balaban J connectivity index is 1.84. The van der Waals surface area contributed by atoms with Gasteiger partial charge in [-0.1, -0.05) is 57.7 Å². The summed E-state index contributed by atoms with van der Waals surface area (Å²) in [6.45, 7) is 10.6. The minimum atomic E-state index is -1.23. The maximum absolute atomic E-state index is 12.5. The molecule has 1 aliphatic heterocycles. The van der Waals surface area contributed by atoms with Crippen molar-refractivity contribution in [3.05, 3.63) is 87.8 Å². The van der Waals surface area contributed by atoms with Gasteiger partial charge in [0.05, 0.1) is 11.4 Å². The largest absolute Gasteiger partial charge is 0.487 e. The van der Waals surface area contributed by atoms with Gasteiger partial charge >= 0.3 is 5.97 Å². The molecule has 4 rings (SSSR count). The molecule has 0 saturated carbocycles. The van der Waals surface area contributed by atoms with Crippen LogP contribution in [0.4, 0.5) is 0 Å². The smallest absolute Gasteiger partial charge is 0.341 e. The lowest BCUT2D eigenvalue weighted by Gasteiger charge is -2.38. The number of benzene rings is 1. The number of pyridine rings is 2. The Bertz CT molecular complexity index is 1250. The lowest BCUT2D eigenvalue weighted by atomic mass is 9.79. The van der Waals surface area contributed by atoms with Crippen molar-refractivity contribution in [2.45, 2.75) is 39.8 Å². The summed E-state index contributed by atoms with van der Waals surface area (Å²) in [7, 11) is 0. The number of nitrogens with zero attached hydrogens (tertiary/aromatic N) is 2. The molecule has 32 heavy (non-hydrogen) atoms. The number of aromatic carboxylic acids is 1. The molecule has 3 aromatic rings. The average molecular weight is 431 g/mol. The highest BCUT2D eigenvalue weighted by atomic mass is 16.5. The Morgan fingerprint density at radius 1 is 1.28 bits per heavy atom. The highest BCUT2D eigenvalue weighted by molar-refractivity contribution is 5.87. The van der Waals surface area contributed by atoms with E-state index < -0.39 is 11.4 Å². The Kier molecular flexibility index (Phi) is 5.46. The minimum absolute atomic E-state index is 0.0537. The Labute approximate surface area is 186 Å². The van der Waals surface area contributed by atoms with Gasteiger partial charge in [-0.2, -0.15) is 0 Å². The standard InChI is InChI=1S/C26H26N2O4/c1-5-19-22(32-15-16-9-7-6-8-10-16)11-17-12-23(26(2,3)4)28-14-18(25(30)31)21(29)13-20(28)24(17)27-19/h5-11,13-14,23H,1,12,15H2,2-4H3,(H,30,31)/t23-/m0/s1. The third-order valence-electron chi connectivity index (χ3n) is 5.83. The van der Waals surface area contributed by atoms with Crippen molar-refractivity contribution in [1.29, 1.82) is 0 Å². The predicted octanol–water partition coefficient (Wildman–Crippen LogP) is 4.97. The lowest BCUT2D eigenvalue weighted by molar-refractivity contribution is 0.0693. The van der Waals surface area contributed by atoms with Crippen molar-refractivity contribution in [1.82, 2.24) is 9.55 Å². The number of rotatable bonds is 5. The molecule has 1 aromatic carbocycles. The van der Waals surface area contributed by atoms with Gasteiger partial charge < -0.3 is 14.4 Å². The molecule has 0 saturated heterocycles. The van der Waals surface area contributed by atoms with Crippen LogP contribution in [0.3, 0.4) is 0 Å². The fourth-order valence-electron chi connectivity index (χ4n) is 4.11. The van der Waals surface area contributed by atoms with E-state index >= 15 is 0 Å². The predicted molar refractivity (Wildman–Crippen MR) is 124 cm³/mol. The van der Waals surface area contributed by atoms with Crippen molar-refractivity contribution in [2.75, 3.05) is 0 Å². The molecular formula is C26H26N2O4. The van der Waals surface area contributed by atoms with E-state index in [0.717, 1.165) is 11.1 Å². The fraction of sp³-hybridized carbons (Fsp3) is 0.269. The SMILES string of the molecule is C=Cc1nc2c(cc1OCc1ccccc1)C[C@@H](C(C)(C)C)n1cc(C(=O)O)c(=O)cc1-2. The van der Waals surface area contributed by atoms with Crippen molar-refractivity contribution < 1.29 is 14.6 Å². The van der Waals surface area contributed by atoms with Crippen LogP contribution in [-0.2, 0) is 13.0 Å². The number of hydrogen-bond donors (Lipinski definition) is 1. The van der Waals surface area contributed by atoms with Gasteiger partial charge in [0.2, 0.25) is 0 Å². The summed E-state index contributed by atoms with van der Waals surface area (Å²) >= 11 is 0. The first kappa shape index (κ1) is 21.6. The van der Waals surface area contributed by atoms with Crippen LogP contribution in [0.2, 0.25) is 0 Å². The van der Waals surface area contributed by atoms with E-state index in [0.29, 0.717) is 35.9 Å². The first-order valence-corrected chi connectivity index (χ1v) is 10.5. The molecule has 0 bridgehead atoms. The summed E-state index contributed by atoms with van der Waals surface area (Å²) in [5.41, 5.74) is 2.90. The Morgan fingerprint density at radius 3 is 2.62 bits per heavy atom. The van der Waals surface area contributed by atoms with Gasteiger partial charge in [-0.05, 0) is 35.1 Å². The first-order valence-electron chi connectivity index (χ1n) is 10.5. The van der Waals surface area contributed by atoms with E-state index in [1.165, 1.54) is 12.3 Å². The first-order chi connectivity index (χ1) is 15.2. The van der Waals surface area contributed by atoms with Crippen LogP contribution in [0, 0.1) is 5.41 Å². The van der Waals surface area contributed by atoms with E-state index in [2.05, 4.69) is 27.4 Å². The number of carboxylic acids is 1. The van der Waals surface area contributed by atoms with Crippen LogP contribution in [-0.4, -0.2) is 20.6 Å². The van der Waals surface area contributed by atoms with Gasteiger partial charge in [0.15, 0.2) is 5.43 Å². The van der Waals surface area contributed by atoms with E-state index in [-0.39, 0.29) is 17.0 Å². The zero-order chi connectivity index (χ0) is 23.0. The zero-order valence-corrected chi connectivity index (χ0v) is 18.5. The molecule has 1 aliphatic rings. The summed E-state index contributed by atoms with van der Waals surface area (Å²) in [6, 6.07) is 13.2. The van der Waals surface area contributed by atoms with Crippen LogP contribution in [0.25, 0.3) is 17.5 Å². The molecule has 0 amide bonds. The van der Waals surface area contributed by atoms with Crippen LogP contribution in [0.1, 0.15) is 54.0 Å². The highest BCUT2D eigenvalue weighted by Gasteiger charge is 2.34. The molecule has 6 nitrogen and oxygen atoms in total. The second-order valence-electron chi connectivity index (χ2n) is 9.09. The van der Waals surface area contributed by atoms with Gasteiger partial charge in [0, 0.05) is 18.3 Å². The molecule has 0 fully saturated rings.